The summed E-state index contributed by atoms with van der Waals surface area (Å²) in [5.41, 5.74) is 2.53. The highest BCUT2D eigenvalue weighted by Crippen LogP contribution is 2.36. The van der Waals surface area contributed by atoms with E-state index < -0.39 is 11.6 Å². The predicted octanol–water partition coefficient (Wildman–Crippen LogP) is 3.79. The monoisotopic (exact) mass is 332 g/mol. The highest BCUT2D eigenvalue weighted by atomic mass is 35.5. The minimum atomic E-state index is -1.08. The number of hydrogen-bond donors (Lipinski definition) is 3. The third-order valence-electron chi connectivity index (χ3n) is 4.13. The van der Waals surface area contributed by atoms with Gasteiger partial charge in [0.2, 0.25) is 0 Å². The van der Waals surface area contributed by atoms with Crippen LogP contribution in [0.2, 0.25) is 5.02 Å². The molecule has 5 nitrogen and oxygen atoms in total. The number of benzene rings is 1. The standard InChI is InChI=1S/C17H17ClN2O3/c1-17(2,23)10-5-3-9(4-6-10)11-7-12-14(8-13(11)18)19-20-15(12)16(21)22/h3,5,7-8,23H,4,6H2,1-2H3,(H,19,20)(H,21,22). The number of aromatic carboxylic acids is 1. The van der Waals surface area contributed by atoms with Gasteiger partial charge in [-0.15, -0.1) is 0 Å². The van der Waals surface area contributed by atoms with Crippen LogP contribution in [0.1, 0.15) is 42.7 Å². The number of rotatable bonds is 3. The van der Waals surface area contributed by atoms with Crippen LogP contribution in [0.25, 0.3) is 16.5 Å². The fourth-order valence-electron chi connectivity index (χ4n) is 2.82. The van der Waals surface area contributed by atoms with Gasteiger partial charge in [0.1, 0.15) is 0 Å². The van der Waals surface area contributed by atoms with Gasteiger partial charge in [-0.3, -0.25) is 5.10 Å². The van der Waals surface area contributed by atoms with Gasteiger partial charge in [0.25, 0.3) is 0 Å². The molecule has 0 saturated heterocycles. The molecule has 1 aliphatic carbocycles. The van der Waals surface area contributed by atoms with Crippen molar-refractivity contribution in [1.82, 2.24) is 10.2 Å². The molecule has 1 aromatic heterocycles. The van der Waals surface area contributed by atoms with E-state index in [1.165, 1.54) is 0 Å². The van der Waals surface area contributed by atoms with Gasteiger partial charge in [-0.05, 0) is 55.5 Å². The number of aliphatic hydroxyl groups is 1. The largest absolute Gasteiger partial charge is 0.476 e. The molecule has 0 aliphatic heterocycles. The molecule has 0 fully saturated rings. The van der Waals surface area contributed by atoms with Gasteiger partial charge in [-0.2, -0.15) is 5.10 Å². The van der Waals surface area contributed by atoms with E-state index in [2.05, 4.69) is 10.2 Å². The van der Waals surface area contributed by atoms with E-state index in [1.807, 2.05) is 12.2 Å². The van der Waals surface area contributed by atoms with Crippen LogP contribution in [0.5, 0.6) is 0 Å². The van der Waals surface area contributed by atoms with E-state index in [-0.39, 0.29) is 5.69 Å². The molecule has 23 heavy (non-hydrogen) atoms. The van der Waals surface area contributed by atoms with Crippen LogP contribution in [0.15, 0.2) is 29.9 Å². The molecule has 1 aromatic carbocycles. The molecule has 6 heteroatoms. The van der Waals surface area contributed by atoms with E-state index in [9.17, 15) is 15.0 Å². The van der Waals surface area contributed by atoms with Crippen LogP contribution in [-0.2, 0) is 0 Å². The zero-order valence-corrected chi connectivity index (χ0v) is 13.6. The molecule has 0 radical (unpaired) electrons. The number of nitrogens with zero attached hydrogens (tertiary/aromatic N) is 1. The first kappa shape index (κ1) is 15.8. The molecule has 1 aliphatic rings. The summed E-state index contributed by atoms with van der Waals surface area (Å²) in [6.07, 6.45) is 5.32. The lowest BCUT2D eigenvalue weighted by Crippen LogP contribution is -2.22. The van der Waals surface area contributed by atoms with E-state index in [0.29, 0.717) is 15.9 Å². The maximum atomic E-state index is 11.2. The second-order valence-electron chi connectivity index (χ2n) is 6.20. The Bertz CT molecular complexity index is 857. The molecule has 0 amide bonds. The lowest BCUT2D eigenvalue weighted by Gasteiger charge is -2.25. The van der Waals surface area contributed by atoms with Gasteiger partial charge in [0, 0.05) is 5.39 Å². The summed E-state index contributed by atoms with van der Waals surface area (Å²) in [4.78, 5) is 11.2. The number of halogens is 1. The number of fused-ring (bicyclic) bond motifs is 1. The highest BCUT2D eigenvalue weighted by Gasteiger charge is 2.23. The number of hydrogen-bond acceptors (Lipinski definition) is 3. The molecule has 3 N–H and O–H groups in total. The Morgan fingerprint density at radius 2 is 2.04 bits per heavy atom. The van der Waals surface area contributed by atoms with Crippen molar-refractivity contribution in [3.63, 3.8) is 0 Å². The van der Waals surface area contributed by atoms with Gasteiger partial charge >= 0.3 is 5.97 Å². The molecule has 0 spiro atoms. The molecular weight excluding hydrogens is 316 g/mol. The zero-order valence-electron chi connectivity index (χ0n) is 12.9. The summed E-state index contributed by atoms with van der Waals surface area (Å²) in [6, 6.07) is 3.46. The summed E-state index contributed by atoms with van der Waals surface area (Å²) in [6.45, 7) is 3.53. The van der Waals surface area contributed by atoms with E-state index in [0.717, 1.165) is 29.6 Å². The van der Waals surface area contributed by atoms with Crippen LogP contribution in [0.4, 0.5) is 0 Å². The Morgan fingerprint density at radius 3 is 2.61 bits per heavy atom. The van der Waals surface area contributed by atoms with Crippen molar-refractivity contribution in [3.8, 4) is 0 Å². The molecule has 0 saturated carbocycles. The Balaban J connectivity index is 2.08. The van der Waals surface area contributed by atoms with Gasteiger partial charge in [-0.25, -0.2) is 4.79 Å². The summed E-state index contributed by atoms with van der Waals surface area (Å²) >= 11 is 6.35. The third-order valence-corrected chi connectivity index (χ3v) is 4.45. The van der Waals surface area contributed by atoms with Crippen molar-refractivity contribution in [3.05, 3.63) is 46.1 Å². The number of aromatic nitrogens is 2. The molecule has 0 unspecified atom stereocenters. The Kier molecular flexibility index (Phi) is 3.78. The van der Waals surface area contributed by atoms with Crippen LogP contribution in [0, 0.1) is 0 Å². The van der Waals surface area contributed by atoms with Gasteiger partial charge in [0.05, 0.1) is 16.1 Å². The number of aromatic amines is 1. The van der Waals surface area contributed by atoms with Crippen LogP contribution in [0.3, 0.4) is 0 Å². The number of carboxylic acids is 1. The second-order valence-corrected chi connectivity index (χ2v) is 6.61. The Hall–Kier alpha value is -2.11. The minimum absolute atomic E-state index is 0.0120. The van der Waals surface area contributed by atoms with E-state index in [4.69, 9.17) is 11.6 Å². The van der Waals surface area contributed by atoms with Gasteiger partial charge < -0.3 is 10.2 Å². The Labute approximate surface area is 138 Å². The lowest BCUT2D eigenvalue weighted by atomic mass is 9.86. The number of carboxylic acid groups (broad SMARTS) is 1. The quantitative estimate of drug-likeness (QED) is 0.798. The van der Waals surface area contributed by atoms with Crippen molar-refractivity contribution in [2.75, 3.05) is 0 Å². The number of allylic oxidation sites excluding steroid dienone is 3. The number of carbonyl (C=O) groups is 1. The molecule has 2 aromatic rings. The maximum absolute atomic E-state index is 11.2. The molecule has 1 heterocycles. The highest BCUT2D eigenvalue weighted by molar-refractivity contribution is 6.33. The third kappa shape index (κ3) is 2.90. The Morgan fingerprint density at radius 1 is 1.30 bits per heavy atom. The average Bonchev–Trinajstić information content (AvgIpc) is 2.88. The molecule has 3 rings (SSSR count). The topological polar surface area (TPSA) is 86.2 Å². The van der Waals surface area contributed by atoms with Gasteiger partial charge in [-0.1, -0.05) is 23.8 Å². The first-order valence-electron chi connectivity index (χ1n) is 7.31. The number of H-pyrrole nitrogens is 1. The van der Waals surface area contributed by atoms with Gasteiger partial charge in [0.15, 0.2) is 5.69 Å². The summed E-state index contributed by atoms with van der Waals surface area (Å²) in [5, 5.41) is 26.9. The molecule has 0 bridgehead atoms. The summed E-state index contributed by atoms with van der Waals surface area (Å²) in [7, 11) is 0. The average molecular weight is 333 g/mol. The first-order chi connectivity index (χ1) is 10.8. The molecular formula is C17H17ClN2O3. The van der Waals surface area contributed by atoms with Crippen LogP contribution in [-0.4, -0.2) is 32.0 Å². The summed E-state index contributed by atoms with van der Waals surface area (Å²) < 4.78 is 0. The SMILES string of the molecule is CC(C)(O)C1=CC=C(c2cc3c(C(=O)O)n[nH]c3cc2Cl)CC1. The van der Waals surface area contributed by atoms with Crippen molar-refractivity contribution < 1.29 is 15.0 Å². The predicted molar refractivity (Wildman–Crippen MR) is 89.7 cm³/mol. The van der Waals surface area contributed by atoms with Crippen molar-refractivity contribution >= 4 is 34.0 Å². The fraction of sp³-hybridized carbons (Fsp3) is 0.294. The number of nitrogens with one attached hydrogen (secondary N) is 1. The minimum Gasteiger partial charge on any atom is -0.476 e. The normalized spacial score (nSPS) is 15.5. The fourth-order valence-corrected chi connectivity index (χ4v) is 3.10. The van der Waals surface area contributed by atoms with Crippen LogP contribution >= 0.6 is 11.6 Å². The molecule has 120 valence electrons. The molecule has 0 atom stereocenters. The zero-order chi connectivity index (χ0) is 16.8. The summed E-state index contributed by atoms with van der Waals surface area (Å²) in [5.74, 6) is -1.08. The first-order valence-corrected chi connectivity index (χ1v) is 7.69. The second kappa shape index (κ2) is 5.51. The smallest absolute Gasteiger partial charge is 0.357 e. The van der Waals surface area contributed by atoms with Crippen molar-refractivity contribution in [2.24, 2.45) is 0 Å². The van der Waals surface area contributed by atoms with Crippen molar-refractivity contribution in [1.29, 1.82) is 0 Å². The maximum Gasteiger partial charge on any atom is 0.357 e. The van der Waals surface area contributed by atoms with E-state index in [1.54, 1.807) is 26.0 Å². The lowest BCUT2D eigenvalue weighted by molar-refractivity contribution is 0.0692. The van der Waals surface area contributed by atoms with Crippen molar-refractivity contribution in [2.45, 2.75) is 32.3 Å². The van der Waals surface area contributed by atoms with Crippen LogP contribution < -0.4 is 0 Å². The van der Waals surface area contributed by atoms with E-state index >= 15 is 0 Å².